The van der Waals surface area contributed by atoms with E-state index in [2.05, 4.69) is 10.5 Å². The van der Waals surface area contributed by atoms with Crippen LogP contribution in [0.2, 0.25) is 0 Å². The molecule has 1 unspecified atom stereocenters. The predicted octanol–water partition coefficient (Wildman–Crippen LogP) is 3.16. The summed E-state index contributed by atoms with van der Waals surface area (Å²) >= 11 is 0. The Balaban J connectivity index is 2.03. The summed E-state index contributed by atoms with van der Waals surface area (Å²) in [6, 6.07) is 3.57. The van der Waals surface area contributed by atoms with Crippen molar-refractivity contribution in [2.45, 2.75) is 44.6 Å². The Labute approximate surface area is 157 Å². The van der Waals surface area contributed by atoms with E-state index in [9.17, 15) is 18.5 Å². The third-order valence-corrected chi connectivity index (χ3v) is 6.69. The van der Waals surface area contributed by atoms with Crippen molar-refractivity contribution in [3.63, 3.8) is 0 Å². The fraction of sp³-hybridized carbons (Fsp3) is 0.471. The van der Waals surface area contributed by atoms with Crippen molar-refractivity contribution in [3.8, 4) is 0 Å². The number of nitro groups is 1. The Bertz CT molecular complexity index is 944. The van der Waals surface area contributed by atoms with E-state index >= 15 is 0 Å². The molecule has 1 saturated heterocycles. The summed E-state index contributed by atoms with van der Waals surface area (Å²) in [5.41, 5.74) is 1.60. The van der Waals surface area contributed by atoms with Crippen molar-refractivity contribution in [2.24, 2.45) is 0 Å². The fourth-order valence-corrected chi connectivity index (χ4v) is 5.13. The SMILES string of the molecule is Cc1noc(C)c1C(C)Nc1ccc([N+](=O)[O-])cc1S(=O)(=O)N1CCCC1. The smallest absolute Gasteiger partial charge is 0.270 e. The van der Waals surface area contributed by atoms with Gasteiger partial charge in [0.25, 0.3) is 5.69 Å². The van der Waals surface area contributed by atoms with Crippen LogP contribution in [0.4, 0.5) is 11.4 Å². The molecule has 1 aromatic heterocycles. The zero-order chi connectivity index (χ0) is 19.8. The molecule has 1 aliphatic heterocycles. The normalized spacial score (nSPS) is 16.4. The Hall–Kier alpha value is -2.46. The van der Waals surface area contributed by atoms with Gasteiger partial charge < -0.3 is 9.84 Å². The molecule has 27 heavy (non-hydrogen) atoms. The van der Waals surface area contributed by atoms with Crippen molar-refractivity contribution in [3.05, 3.63) is 45.3 Å². The maximum atomic E-state index is 13.1. The van der Waals surface area contributed by atoms with Crippen LogP contribution in [0.15, 0.2) is 27.6 Å². The standard InChI is InChI=1S/C17H22N4O5S/c1-11(17-12(2)19-26-13(17)3)18-15-7-6-14(21(22)23)10-16(15)27(24,25)20-8-4-5-9-20/h6-7,10-11,18H,4-5,8-9H2,1-3H3. The maximum Gasteiger partial charge on any atom is 0.270 e. The van der Waals surface area contributed by atoms with Crippen LogP contribution < -0.4 is 5.32 Å². The molecule has 2 aromatic rings. The number of sulfonamides is 1. The summed E-state index contributed by atoms with van der Waals surface area (Å²) in [7, 11) is -3.83. The molecular formula is C17H22N4O5S. The molecule has 146 valence electrons. The number of aromatic nitrogens is 1. The van der Waals surface area contributed by atoms with Crippen molar-refractivity contribution in [2.75, 3.05) is 18.4 Å². The number of aryl methyl sites for hydroxylation is 2. The quantitative estimate of drug-likeness (QED) is 0.590. The molecule has 2 heterocycles. The average Bonchev–Trinajstić information content (AvgIpc) is 3.25. The molecule has 0 amide bonds. The molecule has 1 aromatic carbocycles. The molecule has 1 aliphatic rings. The van der Waals surface area contributed by atoms with E-state index in [1.54, 1.807) is 6.92 Å². The van der Waals surface area contributed by atoms with E-state index in [0.29, 0.717) is 30.2 Å². The lowest BCUT2D eigenvalue weighted by atomic mass is 10.1. The summed E-state index contributed by atoms with van der Waals surface area (Å²) in [6.07, 6.45) is 1.57. The summed E-state index contributed by atoms with van der Waals surface area (Å²) in [4.78, 5) is 10.5. The van der Waals surface area contributed by atoms with Crippen molar-refractivity contribution in [1.82, 2.24) is 9.46 Å². The van der Waals surface area contributed by atoms with Gasteiger partial charge >= 0.3 is 0 Å². The van der Waals surface area contributed by atoms with E-state index in [4.69, 9.17) is 4.52 Å². The van der Waals surface area contributed by atoms with E-state index in [0.717, 1.165) is 24.5 Å². The van der Waals surface area contributed by atoms with Crippen LogP contribution in [0.25, 0.3) is 0 Å². The zero-order valence-electron chi connectivity index (χ0n) is 15.4. The number of hydrogen-bond acceptors (Lipinski definition) is 7. The summed E-state index contributed by atoms with van der Waals surface area (Å²) < 4.78 is 32.7. The van der Waals surface area contributed by atoms with Gasteiger partial charge in [0.2, 0.25) is 10.0 Å². The van der Waals surface area contributed by atoms with Gasteiger partial charge in [-0.05, 0) is 39.7 Å². The van der Waals surface area contributed by atoms with Crippen molar-refractivity contribution in [1.29, 1.82) is 0 Å². The van der Waals surface area contributed by atoms with Gasteiger partial charge in [0.05, 0.1) is 22.3 Å². The highest BCUT2D eigenvalue weighted by molar-refractivity contribution is 7.89. The molecular weight excluding hydrogens is 372 g/mol. The first kappa shape index (κ1) is 19.3. The largest absolute Gasteiger partial charge is 0.377 e. The van der Waals surface area contributed by atoms with Gasteiger partial charge in [-0.1, -0.05) is 5.16 Å². The molecule has 1 fully saturated rings. The lowest BCUT2D eigenvalue weighted by molar-refractivity contribution is -0.385. The molecule has 1 N–H and O–H groups in total. The van der Waals surface area contributed by atoms with Gasteiger partial charge in [0.15, 0.2) is 0 Å². The van der Waals surface area contributed by atoms with E-state index in [1.165, 1.54) is 16.4 Å². The minimum absolute atomic E-state index is 0.0859. The average molecular weight is 394 g/mol. The van der Waals surface area contributed by atoms with Gasteiger partial charge in [0, 0.05) is 30.8 Å². The molecule has 10 heteroatoms. The van der Waals surface area contributed by atoms with E-state index in [1.807, 2.05) is 13.8 Å². The maximum absolute atomic E-state index is 13.1. The molecule has 0 radical (unpaired) electrons. The minimum atomic E-state index is -3.83. The van der Waals surface area contributed by atoms with Gasteiger partial charge in [-0.2, -0.15) is 4.31 Å². The second kappa shape index (κ2) is 7.28. The lowest BCUT2D eigenvalue weighted by Crippen LogP contribution is -2.28. The first-order chi connectivity index (χ1) is 12.7. The van der Waals surface area contributed by atoms with Gasteiger partial charge in [-0.15, -0.1) is 0 Å². The van der Waals surface area contributed by atoms with Crippen molar-refractivity contribution < 1.29 is 17.9 Å². The molecule has 0 spiro atoms. The Kier molecular flexibility index (Phi) is 5.20. The second-order valence-electron chi connectivity index (χ2n) is 6.65. The summed E-state index contributed by atoms with van der Waals surface area (Å²) in [5, 5.41) is 18.2. The number of nitro benzene ring substituents is 1. The van der Waals surface area contributed by atoms with Crippen LogP contribution in [0, 0.1) is 24.0 Å². The molecule has 9 nitrogen and oxygen atoms in total. The molecule has 0 bridgehead atoms. The molecule has 0 saturated carbocycles. The van der Waals surface area contributed by atoms with Gasteiger partial charge in [-0.3, -0.25) is 10.1 Å². The number of benzene rings is 1. The minimum Gasteiger partial charge on any atom is -0.377 e. The highest BCUT2D eigenvalue weighted by Gasteiger charge is 2.31. The Morgan fingerprint density at radius 2 is 1.96 bits per heavy atom. The van der Waals surface area contributed by atoms with Gasteiger partial charge in [0.1, 0.15) is 10.7 Å². The van der Waals surface area contributed by atoms with Crippen LogP contribution in [-0.2, 0) is 10.0 Å². The third-order valence-electron chi connectivity index (χ3n) is 4.75. The molecule has 0 aliphatic carbocycles. The van der Waals surface area contributed by atoms with Gasteiger partial charge in [-0.25, -0.2) is 8.42 Å². The predicted molar refractivity (Wildman–Crippen MR) is 99.1 cm³/mol. The number of hydrogen-bond donors (Lipinski definition) is 1. The first-order valence-electron chi connectivity index (χ1n) is 8.69. The Morgan fingerprint density at radius 1 is 1.30 bits per heavy atom. The third kappa shape index (κ3) is 3.67. The number of rotatable bonds is 6. The second-order valence-corrected chi connectivity index (χ2v) is 8.56. The molecule has 3 rings (SSSR count). The number of nitrogens with zero attached hydrogens (tertiary/aromatic N) is 3. The highest BCUT2D eigenvalue weighted by atomic mass is 32.2. The summed E-state index contributed by atoms with van der Waals surface area (Å²) in [6.45, 7) is 6.29. The lowest BCUT2D eigenvalue weighted by Gasteiger charge is -2.21. The number of anilines is 1. The van der Waals surface area contributed by atoms with Crippen LogP contribution in [0.3, 0.4) is 0 Å². The fourth-order valence-electron chi connectivity index (χ4n) is 3.44. The highest BCUT2D eigenvalue weighted by Crippen LogP contribution is 2.33. The topological polar surface area (TPSA) is 119 Å². The van der Waals surface area contributed by atoms with Crippen LogP contribution in [0.5, 0.6) is 0 Å². The number of non-ortho nitro benzene ring substituents is 1. The first-order valence-corrected chi connectivity index (χ1v) is 10.1. The van der Waals surface area contributed by atoms with Crippen LogP contribution in [-0.4, -0.2) is 35.9 Å². The zero-order valence-corrected chi connectivity index (χ0v) is 16.2. The Morgan fingerprint density at radius 3 is 2.52 bits per heavy atom. The van der Waals surface area contributed by atoms with E-state index in [-0.39, 0.29) is 16.6 Å². The van der Waals surface area contributed by atoms with E-state index < -0.39 is 14.9 Å². The summed E-state index contributed by atoms with van der Waals surface area (Å²) in [5.74, 6) is 0.637. The monoisotopic (exact) mass is 394 g/mol. The van der Waals surface area contributed by atoms with Crippen LogP contribution >= 0.6 is 0 Å². The van der Waals surface area contributed by atoms with Crippen LogP contribution in [0.1, 0.15) is 42.8 Å². The van der Waals surface area contributed by atoms with Crippen molar-refractivity contribution >= 4 is 21.4 Å². The number of nitrogens with one attached hydrogen (secondary N) is 1. The molecule has 1 atom stereocenters.